The number of urea groups is 1. The van der Waals surface area contributed by atoms with Gasteiger partial charge >= 0.3 is 12.2 Å². The minimum absolute atomic E-state index is 0.0483. The molecule has 0 aliphatic heterocycles. The average Bonchev–Trinajstić information content (AvgIpc) is 2.65. The molecule has 0 spiro atoms. The third-order valence-corrected chi connectivity index (χ3v) is 4.87. The molecule has 0 saturated heterocycles. The molecule has 1 aliphatic rings. The van der Waals surface area contributed by atoms with Crippen LogP contribution < -0.4 is 4.74 Å². The predicted molar refractivity (Wildman–Crippen MR) is 91.8 cm³/mol. The molecule has 0 unspecified atom stereocenters. The number of phenolic OH excluding ortho intramolecular Hbond substituents is 1. The highest BCUT2D eigenvalue weighted by Gasteiger charge is 2.38. The van der Waals surface area contributed by atoms with E-state index in [1.54, 1.807) is 0 Å². The van der Waals surface area contributed by atoms with E-state index in [0.717, 1.165) is 46.3 Å². The Balaban J connectivity index is 2.32. The zero-order valence-corrected chi connectivity index (χ0v) is 15.5. The van der Waals surface area contributed by atoms with Crippen LogP contribution in [0.15, 0.2) is 12.1 Å². The van der Waals surface area contributed by atoms with Gasteiger partial charge in [-0.25, -0.2) is 4.79 Å². The van der Waals surface area contributed by atoms with Gasteiger partial charge < -0.3 is 14.7 Å². The lowest BCUT2D eigenvalue weighted by molar-refractivity contribution is -0.138. The van der Waals surface area contributed by atoms with Gasteiger partial charge in [-0.1, -0.05) is 19.3 Å². The smallest absolute Gasteiger partial charge is 0.417 e. The van der Waals surface area contributed by atoms with Crippen molar-refractivity contribution in [2.75, 3.05) is 21.2 Å². The molecule has 1 aromatic carbocycles. The first-order valence-corrected chi connectivity index (χ1v) is 8.61. The number of halogens is 3. The van der Waals surface area contributed by atoms with Crippen LogP contribution >= 0.6 is 0 Å². The Hall–Kier alpha value is -2.45. The quantitative estimate of drug-likeness (QED) is 0.853. The van der Waals surface area contributed by atoms with Gasteiger partial charge in [-0.3, -0.25) is 9.69 Å². The number of carbonyl (C=O) groups is 2. The summed E-state index contributed by atoms with van der Waals surface area (Å²) >= 11 is 0. The van der Waals surface area contributed by atoms with Crippen LogP contribution in [0.1, 0.15) is 48.0 Å². The van der Waals surface area contributed by atoms with E-state index in [1.807, 2.05) is 0 Å². The third kappa shape index (κ3) is 4.45. The van der Waals surface area contributed by atoms with Crippen molar-refractivity contribution < 1.29 is 32.6 Å². The summed E-state index contributed by atoms with van der Waals surface area (Å²) in [5.41, 5.74) is -2.09. The minimum atomic E-state index is -4.86. The van der Waals surface area contributed by atoms with Crippen LogP contribution in [0.5, 0.6) is 11.5 Å². The van der Waals surface area contributed by atoms with Gasteiger partial charge in [-0.2, -0.15) is 13.2 Å². The van der Waals surface area contributed by atoms with Crippen LogP contribution in [0.4, 0.5) is 18.0 Å². The number of aromatic hydroxyl groups is 1. The van der Waals surface area contributed by atoms with Gasteiger partial charge in [-0.15, -0.1) is 0 Å². The lowest BCUT2D eigenvalue weighted by Gasteiger charge is -2.33. The van der Waals surface area contributed by atoms with Gasteiger partial charge in [0.05, 0.1) is 18.2 Å². The summed E-state index contributed by atoms with van der Waals surface area (Å²) in [4.78, 5) is 27.2. The van der Waals surface area contributed by atoms with Gasteiger partial charge in [0.1, 0.15) is 0 Å². The second-order valence-electron chi connectivity index (χ2n) is 6.62. The average molecular weight is 388 g/mol. The molecule has 1 N–H and O–H groups in total. The van der Waals surface area contributed by atoms with E-state index in [4.69, 9.17) is 4.74 Å². The predicted octanol–water partition coefficient (Wildman–Crippen LogP) is 3.88. The van der Waals surface area contributed by atoms with Gasteiger partial charge in [0.25, 0.3) is 5.91 Å². The molecule has 150 valence electrons. The Morgan fingerprint density at radius 1 is 1.15 bits per heavy atom. The van der Waals surface area contributed by atoms with Crippen molar-refractivity contribution in [2.24, 2.45) is 0 Å². The molecule has 0 radical (unpaired) electrons. The van der Waals surface area contributed by atoms with E-state index >= 15 is 0 Å². The Morgan fingerprint density at radius 3 is 2.26 bits per heavy atom. The number of hydrogen-bond acceptors (Lipinski definition) is 4. The number of phenols is 1. The zero-order chi connectivity index (χ0) is 20.4. The second kappa shape index (κ2) is 8.06. The first kappa shape index (κ1) is 20.9. The molecule has 1 fully saturated rings. The maximum Gasteiger partial charge on any atom is 0.417 e. The second-order valence-corrected chi connectivity index (χ2v) is 6.62. The van der Waals surface area contributed by atoms with Crippen molar-refractivity contribution in [1.82, 2.24) is 9.80 Å². The van der Waals surface area contributed by atoms with Crippen molar-refractivity contribution in [3.05, 3.63) is 23.3 Å². The van der Waals surface area contributed by atoms with Crippen LogP contribution in [-0.4, -0.2) is 54.1 Å². The standard InChI is InChI=1S/C18H23F3N2O4/c1-22(11-7-5-4-6-8-11)17(26)23(2)16(25)12-9-14(24)15(27-3)10-13(12)18(19,20)21/h9-11,24H,4-8H2,1-3H3. The maximum atomic E-state index is 13.4. The number of alkyl halides is 3. The summed E-state index contributed by atoms with van der Waals surface area (Å²) < 4.78 is 44.8. The zero-order valence-electron chi connectivity index (χ0n) is 15.5. The number of nitrogens with zero attached hydrogens (tertiary/aromatic N) is 2. The van der Waals surface area contributed by atoms with Crippen molar-refractivity contribution >= 4 is 11.9 Å². The largest absolute Gasteiger partial charge is 0.504 e. The number of methoxy groups -OCH3 is 1. The molecule has 9 heteroatoms. The topological polar surface area (TPSA) is 70.1 Å². The molecule has 3 amide bonds. The van der Waals surface area contributed by atoms with E-state index in [9.17, 15) is 27.9 Å². The highest BCUT2D eigenvalue weighted by Crippen LogP contribution is 2.39. The molecule has 27 heavy (non-hydrogen) atoms. The van der Waals surface area contributed by atoms with Crippen molar-refractivity contribution in [3.8, 4) is 11.5 Å². The fraction of sp³-hybridized carbons (Fsp3) is 0.556. The molecule has 6 nitrogen and oxygen atoms in total. The molecule has 2 rings (SSSR count). The molecule has 0 bridgehead atoms. The van der Waals surface area contributed by atoms with Crippen molar-refractivity contribution in [1.29, 1.82) is 0 Å². The Kier molecular flexibility index (Phi) is 6.22. The van der Waals surface area contributed by atoms with Crippen LogP contribution in [-0.2, 0) is 6.18 Å². The fourth-order valence-corrected chi connectivity index (χ4v) is 3.27. The molecule has 1 saturated carbocycles. The monoisotopic (exact) mass is 388 g/mol. The highest BCUT2D eigenvalue weighted by atomic mass is 19.4. The van der Waals surface area contributed by atoms with Crippen LogP contribution in [0, 0.1) is 0 Å². The Bertz CT molecular complexity index is 715. The van der Waals surface area contributed by atoms with E-state index in [-0.39, 0.29) is 6.04 Å². The molecule has 1 aromatic rings. The van der Waals surface area contributed by atoms with Gasteiger partial charge in [0.2, 0.25) is 0 Å². The normalized spacial score (nSPS) is 15.3. The number of rotatable bonds is 3. The molecule has 0 aromatic heterocycles. The molecular weight excluding hydrogens is 365 g/mol. The summed E-state index contributed by atoms with van der Waals surface area (Å²) in [6.45, 7) is 0. The van der Waals surface area contributed by atoms with Gasteiger partial charge in [0.15, 0.2) is 11.5 Å². The van der Waals surface area contributed by atoms with Crippen LogP contribution in [0.3, 0.4) is 0 Å². The van der Waals surface area contributed by atoms with Crippen LogP contribution in [0.2, 0.25) is 0 Å². The van der Waals surface area contributed by atoms with Gasteiger partial charge in [-0.05, 0) is 25.0 Å². The third-order valence-electron chi connectivity index (χ3n) is 4.87. The minimum Gasteiger partial charge on any atom is -0.504 e. The van der Waals surface area contributed by atoms with E-state index in [2.05, 4.69) is 0 Å². The lowest BCUT2D eigenvalue weighted by Crippen LogP contribution is -2.47. The molecular formula is C18H23F3N2O4. The number of hydrogen-bond donors (Lipinski definition) is 1. The SMILES string of the molecule is COc1cc(C(F)(F)F)c(C(=O)N(C)C(=O)N(C)C2CCCCC2)cc1O. The van der Waals surface area contributed by atoms with E-state index < -0.39 is 40.7 Å². The summed E-state index contributed by atoms with van der Waals surface area (Å²) in [6, 6.07) is 0.489. The first-order chi connectivity index (χ1) is 12.6. The van der Waals surface area contributed by atoms with Crippen molar-refractivity contribution in [2.45, 2.75) is 44.3 Å². The van der Waals surface area contributed by atoms with Gasteiger partial charge in [0, 0.05) is 20.1 Å². The van der Waals surface area contributed by atoms with Crippen LogP contribution in [0.25, 0.3) is 0 Å². The Morgan fingerprint density at radius 2 is 1.74 bits per heavy atom. The maximum absolute atomic E-state index is 13.4. The molecule has 0 heterocycles. The summed E-state index contributed by atoms with van der Waals surface area (Å²) in [5, 5.41) is 9.81. The molecule has 1 aliphatic carbocycles. The van der Waals surface area contributed by atoms with E-state index in [0.29, 0.717) is 17.0 Å². The molecule has 0 atom stereocenters. The fourth-order valence-electron chi connectivity index (χ4n) is 3.27. The van der Waals surface area contributed by atoms with E-state index in [1.165, 1.54) is 11.9 Å². The summed E-state index contributed by atoms with van der Waals surface area (Å²) in [5.74, 6) is -2.17. The summed E-state index contributed by atoms with van der Waals surface area (Å²) in [7, 11) is 3.77. The number of carbonyl (C=O) groups excluding carboxylic acids is 2. The Labute approximate surface area is 155 Å². The summed E-state index contributed by atoms with van der Waals surface area (Å²) in [6.07, 6.45) is -0.268. The first-order valence-electron chi connectivity index (χ1n) is 8.61. The number of ether oxygens (including phenoxy) is 1. The highest BCUT2D eigenvalue weighted by molar-refractivity contribution is 6.05. The van der Waals surface area contributed by atoms with Crippen molar-refractivity contribution in [3.63, 3.8) is 0 Å². The number of imide groups is 1. The lowest BCUT2D eigenvalue weighted by atomic mass is 9.95. The number of benzene rings is 1. The number of amides is 3.